The van der Waals surface area contributed by atoms with E-state index in [-0.39, 0.29) is 5.78 Å². The van der Waals surface area contributed by atoms with Gasteiger partial charge in [0.15, 0.2) is 5.78 Å². The van der Waals surface area contributed by atoms with Crippen molar-refractivity contribution in [3.05, 3.63) is 64.7 Å². The van der Waals surface area contributed by atoms with Gasteiger partial charge in [0.05, 0.1) is 12.7 Å². The lowest BCUT2D eigenvalue weighted by Crippen LogP contribution is -2.04. The lowest BCUT2D eigenvalue weighted by molar-refractivity contribution is 0.0980. The van der Waals surface area contributed by atoms with Crippen molar-refractivity contribution in [2.45, 2.75) is 26.7 Å². The zero-order chi connectivity index (χ0) is 14.5. The van der Waals surface area contributed by atoms with Crippen molar-refractivity contribution in [1.29, 1.82) is 0 Å². The van der Waals surface area contributed by atoms with E-state index < -0.39 is 0 Å². The zero-order valence-corrected chi connectivity index (χ0v) is 12.3. The first-order chi connectivity index (χ1) is 9.60. The van der Waals surface area contributed by atoms with Crippen LogP contribution in [0.1, 0.15) is 33.5 Å². The fourth-order valence-electron chi connectivity index (χ4n) is 2.30. The summed E-state index contributed by atoms with van der Waals surface area (Å²) < 4.78 is 5.27. The second kappa shape index (κ2) is 6.38. The van der Waals surface area contributed by atoms with E-state index in [1.807, 2.05) is 31.2 Å². The van der Waals surface area contributed by atoms with Gasteiger partial charge in [-0.2, -0.15) is 0 Å². The van der Waals surface area contributed by atoms with E-state index >= 15 is 0 Å². The fourth-order valence-corrected chi connectivity index (χ4v) is 2.30. The average molecular weight is 268 g/mol. The van der Waals surface area contributed by atoms with Gasteiger partial charge in [0.2, 0.25) is 0 Å². The molecule has 0 spiro atoms. The number of rotatable bonds is 5. The van der Waals surface area contributed by atoms with Gasteiger partial charge in [0.25, 0.3) is 0 Å². The second-order valence-corrected chi connectivity index (χ2v) is 5.12. The van der Waals surface area contributed by atoms with Crippen molar-refractivity contribution in [1.82, 2.24) is 0 Å². The Balaban J connectivity index is 2.10. The molecule has 0 saturated carbocycles. The standard InChI is InChI=1S/C18H20O2/c1-13-5-4-6-15(11-13)8-9-17(19)16-12-14(2)7-10-18(16)20-3/h4-7,10-12H,8-9H2,1-3H3. The van der Waals surface area contributed by atoms with Gasteiger partial charge in [0, 0.05) is 6.42 Å². The van der Waals surface area contributed by atoms with Gasteiger partial charge in [-0.25, -0.2) is 0 Å². The van der Waals surface area contributed by atoms with E-state index in [0.717, 1.165) is 12.0 Å². The first kappa shape index (κ1) is 14.3. The van der Waals surface area contributed by atoms with Crippen LogP contribution in [0.3, 0.4) is 0 Å². The summed E-state index contributed by atoms with van der Waals surface area (Å²) in [7, 11) is 1.60. The smallest absolute Gasteiger partial charge is 0.166 e. The number of hydrogen-bond donors (Lipinski definition) is 0. The summed E-state index contributed by atoms with van der Waals surface area (Å²) in [5.41, 5.74) is 4.18. The quantitative estimate of drug-likeness (QED) is 0.762. The number of carbonyl (C=O) groups is 1. The van der Waals surface area contributed by atoms with E-state index in [1.54, 1.807) is 7.11 Å². The van der Waals surface area contributed by atoms with Gasteiger partial charge >= 0.3 is 0 Å². The molecule has 0 amide bonds. The summed E-state index contributed by atoms with van der Waals surface area (Å²) in [6.45, 7) is 4.05. The highest BCUT2D eigenvalue weighted by atomic mass is 16.5. The zero-order valence-electron chi connectivity index (χ0n) is 12.3. The molecule has 0 heterocycles. The predicted octanol–water partition coefficient (Wildman–Crippen LogP) is 4.13. The highest BCUT2D eigenvalue weighted by Gasteiger charge is 2.12. The maximum Gasteiger partial charge on any atom is 0.166 e. The number of hydrogen-bond acceptors (Lipinski definition) is 2. The maximum atomic E-state index is 12.4. The van der Waals surface area contributed by atoms with Crippen LogP contribution in [0.5, 0.6) is 5.75 Å². The lowest BCUT2D eigenvalue weighted by atomic mass is 10.00. The van der Waals surface area contributed by atoms with E-state index in [1.165, 1.54) is 11.1 Å². The van der Waals surface area contributed by atoms with Crippen molar-refractivity contribution in [2.24, 2.45) is 0 Å². The number of aryl methyl sites for hydroxylation is 3. The van der Waals surface area contributed by atoms with Crippen molar-refractivity contribution in [3.8, 4) is 5.75 Å². The average Bonchev–Trinajstić information content (AvgIpc) is 2.45. The molecule has 0 bridgehead atoms. The summed E-state index contributed by atoms with van der Waals surface area (Å²) in [5.74, 6) is 0.789. The van der Waals surface area contributed by atoms with Crippen LogP contribution in [0, 0.1) is 13.8 Å². The minimum absolute atomic E-state index is 0.132. The van der Waals surface area contributed by atoms with E-state index in [4.69, 9.17) is 4.74 Å². The van der Waals surface area contributed by atoms with Gasteiger partial charge in [-0.1, -0.05) is 41.5 Å². The maximum absolute atomic E-state index is 12.4. The molecule has 0 aromatic heterocycles. The highest BCUT2D eigenvalue weighted by Crippen LogP contribution is 2.22. The summed E-state index contributed by atoms with van der Waals surface area (Å²) >= 11 is 0. The van der Waals surface area contributed by atoms with Crippen molar-refractivity contribution in [3.63, 3.8) is 0 Å². The molecule has 0 atom stereocenters. The third-order valence-corrected chi connectivity index (χ3v) is 3.38. The molecule has 0 aliphatic rings. The summed E-state index contributed by atoms with van der Waals surface area (Å²) in [4.78, 5) is 12.4. The molecular weight excluding hydrogens is 248 g/mol. The molecule has 0 N–H and O–H groups in total. The van der Waals surface area contributed by atoms with E-state index in [9.17, 15) is 4.79 Å². The minimum atomic E-state index is 0.132. The Morgan fingerprint density at radius 1 is 1.05 bits per heavy atom. The molecule has 0 saturated heterocycles. The number of ketones is 1. The molecule has 0 unspecified atom stereocenters. The summed E-state index contributed by atoms with van der Waals surface area (Å²) in [5, 5.41) is 0. The molecule has 104 valence electrons. The first-order valence-corrected chi connectivity index (χ1v) is 6.83. The monoisotopic (exact) mass is 268 g/mol. The molecule has 2 heteroatoms. The third-order valence-electron chi connectivity index (χ3n) is 3.38. The second-order valence-electron chi connectivity index (χ2n) is 5.12. The number of ether oxygens (including phenoxy) is 1. The largest absolute Gasteiger partial charge is 0.496 e. The van der Waals surface area contributed by atoms with Crippen molar-refractivity contribution >= 4 is 5.78 Å². The van der Waals surface area contributed by atoms with Crippen LogP contribution >= 0.6 is 0 Å². The van der Waals surface area contributed by atoms with Crippen LogP contribution in [-0.2, 0) is 6.42 Å². The van der Waals surface area contributed by atoms with Crippen LogP contribution < -0.4 is 4.74 Å². The van der Waals surface area contributed by atoms with Crippen molar-refractivity contribution in [2.75, 3.05) is 7.11 Å². The molecule has 0 radical (unpaired) electrons. The topological polar surface area (TPSA) is 26.3 Å². The first-order valence-electron chi connectivity index (χ1n) is 6.83. The van der Waals surface area contributed by atoms with Gasteiger partial charge in [-0.05, 0) is 38.0 Å². The number of carbonyl (C=O) groups excluding carboxylic acids is 1. The predicted molar refractivity (Wildman–Crippen MR) is 81.6 cm³/mol. The molecule has 0 aliphatic carbocycles. The number of methoxy groups -OCH3 is 1. The Morgan fingerprint density at radius 2 is 1.80 bits per heavy atom. The third kappa shape index (κ3) is 3.47. The van der Waals surface area contributed by atoms with Crippen LogP contribution in [0.4, 0.5) is 0 Å². The van der Waals surface area contributed by atoms with Crippen LogP contribution in [0.2, 0.25) is 0 Å². The molecule has 2 aromatic carbocycles. The molecule has 0 aliphatic heterocycles. The molecule has 0 fully saturated rings. The van der Waals surface area contributed by atoms with E-state index in [2.05, 4.69) is 25.1 Å². The van der Waals surface area contributed by atoms with Gasteiger partial charge in [-0.15, -0.1) is 0 Å². The SMILES string of the molecule is COc1ccc(C)cc1C(=O)CCc1cccc(C)c1. The summed E-state index contributed by atoms with van der Waals surface area (Å²) in [6.07, 6.45) is 1.26. The Bertz CT molecular complexity index is 615. The minimum Gasteiger partial charge on any atom is -0.496 e. The normalized spacial score (nSPS) is 10.3. The highest BCUT2D eigenvalue weighted by molar-refractivity contribution is 5.99. The Morgan fingerprint density at radius 3 is 2.50 bits per heavy atom. The van der Waals surface area contributed by atoms with Gasteiger partial charge < -0.3 is 4.74 Å². The Hall–Kier alpha value is -2.09. The molecule has 20 heavy (non-hydrogen) atoms. The van der Waals surface area contributed by atoms with Gasteiger partial charge in [0.1, 0.15) is 5.75 Å². The molecule has 2 nitrogen and oxygen atoms in total. The Kier molecular flexibility index (Phi) is 4.57. The molecular formula is C18H20O2. The molecule has 2 rings (SSSR count). The fraction of sp³-hybridized carbons (Fsp3) is 0.278. The van der Waals surface area contributed by atoms with Crippen LogP contribution in [0.25, 0.3) is 0 Å². The van der Waals surface area contributed by atoms with Gasteiger partial charge in [-0.3, -0.25) is 4.79 Å². The number of benzene rings is 2. The van der Waals surface area contributed by atoms with Crippen molar-refractivity contribution < 1.29 is 9.53 Å². The Labute approximate surface area is 120 Å². The lowest BCUT2D eigenvalue weighted by Gasteiger charge is -2.09. The van der Waals surface area contributed by atoms with Crippen LogP contribution in [0.15, 0.2) is 42.5 Å². The summed E-state index contributed by atoms with van der Waals surface area (Å²) in [6, 6.07) is 14.0. The van der Waals surface area contributed by atoms with Crippen LogP contribution in [-0.4, -0.2) is 12.9 Å². The molecule has 2 aromatic rings. The van der Waals surface area contributed by atoms with E-state index in [0.29, 0.717) is 17.7 Å². The number of Topliss-reactive ketones (excluding diaryl/α,β-unsaturated/α-hetero) is 1.